The van der Waals surface area contributed by atoms with Crippen molar-refractivity contribution in [2.75, 3.05) is 18.0 Å². The number of hydrogen-bond donors (Lipinski definition) is 4. The minimum Gasteiger partial charge on any atom is -0.392 e. The lowest BCUT2D eigenvalue weighted by molar-refractivity contribution is -0.128. The van der Waals surface area contributed by atoms with Gasteiger partial charge in [-0.15, -0.1) is 11.3 Å². The van der Waals surface area contributed by atoms with Crippen LogP contribution in [0.2, 0.25) is 0 Å². The molecule has 46 heavy (non-hydrogen) atoms. The maximum atomic E-state index is 14.1. The number of aryl methyl sites for hydroxylation is 1. The molecule has 1 aliphatic rings. The average Bonchev–Trinajstić information content (AvgIpc) is 3.29. The Morgan fingerprint density at radius 1 is 1.11 bits per heavy atom. The molecule has 2 heterocycles. The van der Waals surface area contributed by atoms with Crippen LogP contribution in [0.4, 0.5) is 5.69 Å². The molecule has 4 aromatic rings. The van der Waals surface area contributed by atoms with Crippen LogP contribution in [-0.4, -0.2) is 53.6 Å². The Bertz CT molecular complexity index is 1750. The Morgan fingerprint density at radius 3 is 2.61 bits per heavy atom. The van der Waals surface area contributed by atoms with Gasteiger partial charge in [0.2, 0.25) is 11.8 Å². The molecular formula is C36H41BrN4O4S. The summed E-state index contributed by atoms with van der Waals surface area (Å²) in [5.74, 6) is -0.465. The van der Waals surface area contributed by atoms with Crippen molar-refractivity contribution in [2.24, 2.45) is 0 Å². The maximum absolute atomic E-state index is 14.1. The van der Waals surface area contributed by atoms with Crippen LogP contribution < -0.4 is 20.9 Å². The molecule has 0 saturated carbocycles. The Labute approximate surface area is 282 Å². The van der Waals surface area contributed by atoms with E-state index in [2.05, 4.69) is 44.0 Å². The molecule has 2 atom stereocenters. The highest BCUT2D eigenvalue weighted by Crippen LogP contribution is 2.44. The molecule has 0 saturated heterocycles. The molecule has 4 N–H and O–H groups in total. The highest BCUT2D eigenvalue weighted by atomic mass is 79.9. The number of nitrogens with zero attached hydrogens (tertiary/aromatic N) is 1. The van der Waals surface area contributed by atoms with E-state index in [1.54, 1.807) is 23.2 Å². The largest absolute Gasteiger partial charge is 0.392 e. The Balaban J connectivity index is 1.42. The summed E-state index contributed by atoms with van der Waals surface area (Å²) in [6.07, 6.45) is 0.811. The number of rotatable bonds is 11. The number of thiophene rings is 1. The fraction of sp³-hybridized carbons (Fsp3) is 0.361. The van der Waals surface area contributed by atoms with Crippen LogP contribution in [0, 0.1) is 0 Å². The zero-order valence-corrected chi connectivity index (χ0v) is 29.1. The zero-order valence-electron chi connectivity index (χ0n) is 26.7. The van der Waals surface area contributed by atoms with Crippen molar-refractivity contribution in [3.05, 3.63) is 87.9 Å². The van der Waals surface area contributed by atoms with Crippen LogP contribution in [-0.2, 0) is 22.6 Å². The van der Waals surface area contributed by atoms with Crippen LogP contribution >= 0.6 is 27.3 Å². The lowest BCUT2D eigenvalue weighted by atomic mass is 9.99. The summed E-state index contributed by atoms with van der Waals surface area (Å²) >= 11 is 5.45. The molecule has 3 aromatic carbocycles. The minimum atomic E-state index is -0.665. The molecule has 0 radical (unpaired) electrons. The number of amides is 3. The molecule has 0 bridgehead atoms. The number of para-hydroxylation sites is 1. The van der Waals surface area contributed by atoms with Gasteiger partial charge < -0.3 is 26.0 Å². The quantitative estimate of drug-likeness (QED) is 0.149. The summed E-state index contributed by atoms with van der Waals surface area (Å²) in [7, 11) is 0. The highest BCUT2D eigenvalue weighted by molar-refractivity contribution is 9.10. The number of carbonyl (C=O) groups excluding carboxylic acids is 3. The predicted octanol–water partition coefficient (Wildman–Crippen LogP) is 6.18. The second kappa shape index (κ2) is 14.5. The van der Waals surface area contributed by atoms with E-state index in [1.807, 2.05) is 75.4 Å². The third-order valence-electron chi connectivity index (χ3n) is 8.15. The second-order valence-corrected chi connectivity index (χ2v) is 14.3. The van der Waals surface area contributed by atoms with E-state index in [4.69, 9.17) is 0 Å². The summed E-state index contributed by atoms with van der Waals surface area (Å²) in [6.45, 7) is 8.68. The third kappa shape index (κ3) is 7.69. The number of aliphatic hydroxyl groups excluding tert-OH is 1. The van der Waals surface area contributed by atoms with Crippen LogP contribution in [0.1, 0.15) is 62.0 Å². The molecule has 10 heteroatoms. The number of nitrogens with one attached hydrogen (secondary N) is 3. The van der Waals surface area contributed by atoms with Crippen LogP contribution in [0.5, 0.6) is 0 Å². The first-order valence-electron chi connectivity index (χ1n) is 15.7. The predicted molar refractivity (Wildman–Crippen MR) is 189 cm³/mol. The molecular weight excluding hydrogens is 664 g/mol. The van der Waals surface area contributed by atoms with Crippen molar-refractivity contribution >= 4 is 60.8 Å². The van der Waals surface area contributed by atoms with Gasteiger partial charge in [-0.3, -0.25) is 14.4 Å². The van der Waals surface area contributed by atoms with Crippen molar-refractivity contribution in [2.45, 2.75) is 71.2 Å². The van der Waals surface area contributed by atoms with Gasteiger partial charge >= 0.3 is 0 Å². The van der Waals surface area contributed by atoms with E-state index in [-0.39, 0.29) is 24.1 Å². The molecule has 0 aliphatic carbocycles. The third-order valence-corrected chi connectivity index (χ3v) is 10.4. The Hall–Kier alpha value is -3.57. The summed E-state index contributed by atoms with van der Waals surface area (Å²) in [4.78, 5) is 42.9. The van der Waals surface area contributed by atoms with Gasteiger partial charge in [-0.1, -0.05) is 42.5 Å². The van der Waals surface area contributed by atoms with Gasteiger partial charge in [-0.05, 0) is 91.9 Å². The minimum absolute atomic E-state index is 0.109. The Kier molecular flexibility index (Phi) is 10.6. The lowest BCUT2D eigenvalue weighted by Crippen LogP contribution is -2.51. The van der Waals surface area contributed by atoms with E-state index in [0.29, 0.717) is 38.0 Å². The smallest absolute Gasteiger partial charge is 0.251 e. The van der Waals surface area contributed by atoms with Gasteiger partial charge in [-0.25, -0.2) is 0 Å². The first-order chi connectivity index (χ1) is 22.0. The number of hydrogen-bond acceptors (Lipinski definition) is 6. The van der Waals surface area contributed by atoms with Gasteiger partial charge in [0.1, 0.15) is 6.04 Å². The number of anilines is 1. The van der Waals surface area contributed by atoms with E-state index in [1.165, 1.54) is 0 Å². The van der Waals surface area contributed by atoms with Crippen molar-refractivity contribution in [1.82, 2.24) is 16.0 Å². The average molecular weight is 706 g/mol. The van der Waals surface area contributed by atoms with Crippen LogP contribution in [0.3, 0.4) is 0 Å². The standard InChI is InChI=1S/C36H41BrN4O4S/c1-5-38-34(44)26-12-8-7-11-25(26)33-32(37)27-18-23(14-17-30(27)46-33)21-41-29-13-9-6-10-24(29)15-16-28(35(41)45)40-31(43)19-36(3,4)39-20-22(2)42/h6-14,17-18,22,28,39,42H,5,15-16,19-21H2,1-4H3,(H,38,44)(H,40,43)/t22-,28?/m1/s1. The van der Waals surface area contributed by atoms with E-state index in [9.17, 15) is 19.5 Å². The SMILES string of the molecule is CCNC(=O)c1ccccc1-c1sc2ccc(CN3C(=O)C(NC(=O)CC(C)(C)NC[C@@H](C)O)CCc4ccccc43)cc2c1Br. The summed E-state index contributed by atoms with van der Waals surface area (Å²) in [6, 6.07) is 21.1. The first kappa shape index (κ1) is 33.8. The number of carbonyl (C=O) groups is 3. The molecule has 1 unspecified atom stereocenters. The molecule has 3 amide bonds. The highest BCUT2D eigenvalue weighted by Gasteiger charge is 2.33. The summed E-state index contributed by atoms with van der Waals surface area (Å²) < 4.78 is 1.97. The van der Waals surface area contributed by atoms with Crippen molar-refractivity contribution in [3.63, 3.8) is 0 Å². The monoisotopic (exact) mass is 704 g/mol. The number of β-amino-alcohol motifs (C(OH)–C–C–N with tert-alkyl or cyclic N) is 1. The van der Waals surface area contributed by atoms with E-state index in [0.717, 1.165) is 41.8 Å². The number of benzene rings is 3. The fourth-order valence-corrected chi connectivity index (χ4v) is 7.88. The summed E-state index contributed by atoms with van der Waals surface area (Å²) in [5, 5.41) is 19.8. The molecule has 0 spiro atoms. The molecule has 242 valence electrons. The Morgan fingerprint density at radius 2 is 1.85 bits per heavy atom. The van der Waals surface area contributed by atoms with Crippen LogP contribution in [0.15, 0.2) is 71.2 Å². The second-order valence-electron chi connectivity index (χ2n) is 12.5. The maximum Gasteiger partial charge on any atom is 0.251 e. The fourth-order valence-electron chi connectivity index (χ4n) is 5.85. The van der Waals surface area contributed by atoms with Crippen molar-refractivity contribution < 1.29 is 19.5 Å². The van der Waals surface area contributed by atoms with Crippen LogP contribution in [0.25, 0.3) is 20.5 Å². The molecule has 5 rings (SSSR count). The molecule has 1 aliphatic heterocycles. The molecule has 8 nitrogen and oxygen atoms in total. The van der Waals surface area contributed by atoms with Crippen molar-refractivity contribution in [3.8, 4) is 10.4 Å². The van der Waals surface area contributed by atoms with Crippen molar-refractivity contribution in [1.29, 1.82) is 0 Å². The van der Waals surface area contributed by atoms with Gasteiger partial charge in [0.15, 0.2) is 0 Å². The van der Waals surface area contributed by atoms with Gasteiger partial charge in [0.25, 0.3) is 5.91 Å². The van der Waals surface area contributed by atoms with E-state index >= 15 is 0 Å². The number of aliphatic hydroxyl groups is 1. The number of halogens is 1. The van der Waals surface area contributed by atoms with Gasteiger partial charge in [-0.2, -0.15) is 0 Å². The topological polar surface area (TPSA) is 111 Å². The summed E-state index contributed by atoms with van der Waals surface area (Å²) in [5.41, 5.74) is 3.81. The lowest BCUT2D eigenvalue weighted by Gasteiger charge is -2.29. The van der Waals surface area contributed by atoms with E-state index < -0.39 is 17.7 Å². The zero-order chi connectivity index (χ0) is 33.0. The van der Waals surface area contributed by atoms with Gasteiger partial charge in [0.05, 0.1) is 17.5 Å². The van der Waals surface area contributed by atoms with Gasteiger partial charge in [0, 0.05) is 56.4 Å². The first-order valence-corrected chi connectivity index (χ1v) is 17.3. The number of fused-ring (bicyclic) bond motifs is 2. The molecule has 1 aromatic heterocycles. The molecule has 0 fully saturated rings. The normalized spacial score (nSPS) is 15.7.